The fourth-order valence-electron chi connectivity index (χ4n) is 8.56. The lowest BCUT2D eigenvalue weighted by molar-refractivity contribution is 0.311. The van der Waals surface area contributed by atoms with Gasteiger partial charge in [0, 0.05) is 54.2 Å². The number of benzene rings is 4. The Labute approximate surface area is 397 Å². The Morgan fingerprint density at radius 2 is 1.09 bits per heavy atom. The van der Waals surface area contributed by atoms with Crippen LogP contribution in [-0.4, -0.2) is 36.6 Å². The van der Waals surface area contributed by atoms with Gasteiger partial charge in [-0.3, -0.25) is 4.68 Å². The van der Waals surface area contributed by atoms with Gasteiger partial charge in [-0.15, -0.1) is 0 Å². The third-order valence-electron chi connectivity index (χ3n) is 12.8. The monoisotopic (exact) mass is 891 g/mol. The molecular formula is C58H78N6O2. The van der Waals surface area contributed by atoms with Crippen molar-refractivity contribution in [2.24, 2.45) is 0 Å². The van der Waals surface area contributed by atoms with Crippen LogP contribution in [0.4, 0.5) is 22.7 Å². The number of nitrogens with one attached hydrogen (secondary N) is 3. The van der Waals surface area contributed by atoms with Gasteiger partial charge in [-0.05, 0) is 131 Å². The SMILES string of the molecule is C=C1CCc2cc(C(C)C)ccc2N1.C=C1COc2cc(C(C)C)ccc2N1.C=C1Cc2cc(C(C)C)ccc2N1.CC(C)c1ccc2c(c1)OCCN2C.CC(C)c1cnn2c1CCC2. The van der Waals surface area contributed by atoms with Gasteiger partial charge in [0.05, 0.1) is 24.1 Å². The van der Waals surface area contributed by atoms with Crippen molar-refractivity contribution in [3.05, 3.63) is 160 Å². The molecule has 0 saturated carbocycles. The third kappa shape index (κ3) is 12.9. The van der Waals surface area contributed by atoms with Crippen molar-refractivity contribution >= 4 is 22.7 Å². The molecule has 0 aliphatic carbocycles. The van der Waals surface area contributed by atoms with Crippen molar-refractivity contribution < 1.29 is 9.47 Å². The summed E-state index contributed by atoms with van der Waals surface area (Å²) in [6, 6.07) is 26.1. The molecule has 4 aromatic carbocycles. The Kier molecular flexibility index (Phi) is 16.9. The lowest BCUT2D eigenvalue weighted by atomic mass is 9.95. The molecule has 3 N–H and O–H groups in total. The molecule has 0 spiro atoms. The number of hydrogen-bond acceptors (Lipinski definition) is 7. The van der Waals surface area contributed by atoms with Crippen LogP contribution in [0.25, 0.3) is 0 Å². The smallest absolute Gasteiger partial charge is 0.143 e. The van der Waals surface area contributed by atoms with Crippen LogP contribution in [0.2, 0.25) is 0 Å². The molecular weight excluding hydrogens is 813 g/mol. The van der Waals surface area contributed by atoms with Gasteiger partial charge in [0.2, 0.25) is 0 Å². The van der Waals surface area contributed by atoms with Crippen molar-refractivity contribution in [2.75, 3.05) is 47.7 Å². The van der Waals surface area contributed by atoms with Crippen LogP contribution in [0.1, 0.15) is 156 Å². The van der Waals surface area contributed by atoms with Crippen molar-refractivity contribution in [2.45, 2.75) is 137 Å². The normalized spacial score (nSPS) is 15.1. The summed E-state index contributed by atoms with van der Waals surface area (Å²) in [7, 11) is 2.11. The lowest BCUT2D eigenvalue weighted by Crippen LogP contribution is -2.28. The number of nitrogens with zero attached hydrogens (tertiary/aromatic N) is 3. The highest BCUT2D eigenvalue weighted by molar-refractivity contribution is 5.64. The highest BCUT2D eigenvalue weighted by Gasteiger charge is 2.19. The Morgan fingerprint density at radius 3 is 1.73 bits per heavy atom. The van der Waals surface area contributed by atoms with Crippen molar-refractivity contribution in [3.63, 3.8) is 0 Å². The van der Waals surface area contributed by atoms with Crippen LogP contribution >= 0.6 is 0 Å². The molecule has 0 amide bonds. The number of anilines is 4. The van der Waals surface area contributed by atoms with E-state index in [1.54, 1.807) is 0 Å². The molecule has 0 bridgehead atoms. The van der Waals surface area contributed by atoms with Gasteiger partial charge >= 0.3 is 0 Å². The fraction of sp³-hybridized carbons (Fsp3) is 0.431. The first-order valence-corrected chi connectivity index (χ1v) is 24.4. The third-order valence-corrected chi connectivity index (χ3v) is 12.8. The number of likely N-dealkylation sites (N-methyl/N-ethyl adjacent to an activating group) is 1. The molecule has 0 saturated heterocycles. The zero-order valence-corrected chi connectivity index (χ0v) is 42.0. The molecule has 0 atom stereocenters. The van der Waals surface area contributed by atoms with Gasteiger partial charge in [-0.2, -0.15) is 5.10 Å². The van der Waals surface area contributed by atoms with Crippen LogP contribution < -0.4 is 30.3 Å². The van der Waals surface area contributed by atoms with Crippen molar-refractivity contribution in [1.29, 1.82) is 0 Å². The second kappa shape index (κ2) is 22.5. The topological polar surface area (TPSA) is 75.6 Å². The van der Waals surface area contributed by atoms with Gasteiger partial charge in [0.25, 0.3) is 0 Å². The maximum Gasteiger partial charge on any atom is 0.143 e. The highest BCUT2D eigenvalue weighted by atomic mass is 16.5. The molecule has 66 heavy (non-hydrogen) atoms. The number of fused-ring (bicyclic) bond motifs is 5. The van der Waals surface area contributed by atoms with Crippen LogP contribution in [-0.2, 0) is 25.8 Å². The Hall–Kier alpha value is -5.89. The van der Waals surface area contributed by atoms with E-state index in [-0.39, 0.29) is 0 Å². The van der Waals surface area contributed by atoms with Gasteiger partial charge in [0.15, 0.2) is 0 Å². The fourth-order valence-corrected chi connectivity index (χ4v) is 8.56. The minimum absolute atomic E-state index is 0.536. The number of rotatable bonds is 5. The summed E-state index contributed by atoms with van der Waals surface area (Å²) in [5.74, 6) is 4.93. The second-order valence-electron chi connectivity index (χ2n) is 19.9. The predicted octanol–water partition coefficient (Wildman–Crippen LogP) is 14.7. The Bertz CT molecular complexity index is 2400. The quantitative estimate of drug-likeness (QED) is 0.162. The molecule has 0 radical (unpaired) electrons. The van der Waals surface area contributed by atoms with Gasteiger partial charge in [-0.1, -0.05) is 125 Å². The lowest BCUT2D eigenvalue weighted by Gasteiger charge is -2.28. The van der Waals surface area contributed by atoms with Crippen LogP contribution in [0.15, 0.2) is 116 Å². The van der Waals surface area contributed by atoms with E-state index in [1.807, 2.05) is 6.20 Å². The molecule has 6 heterocycles. The zero-order chi connectivity index (χ0) is 47.7. The van der Waals surface area contributed by atoms with Gasteiger partial charge in [-0.25, -0.2) is 0 Å². The predicted molar refractivity (Wildman–Crippen MR) is 281 cm³/mol. The number of aromatic nitrogens is 2. The maximum absolute atomic E-state index is 5.64. The molecule has 0 unspecified atom stereocenters. The van der Waals surface area contributed by atoms with E-state index in [2.05, 4.69) is 199 Å². The molecule has 8 nitrogen and oxygen atoms in total. The van der Waals surface area contributed by atoms with E-state index in [9.17, 15) is 0 Å². The standard InChI is InChI=1S/C13H17N.C12H15NO.C12H17NO.C12H15N.C9H14N2/c1-9(2)11-6-7-13-12(8-11)5-4-10(3)14-13;1-8(2)10-4-5-11-12(6-10)14-7-9(3)13-11;1-9(2)10-4-5-11-12(8-10)14-7-6-13(11)3;1-8(2)10-4-5-12-11(7-10)6-9(3)13-12;1-7(2)8-6-10-11-5-3-4-9(8)11/h6-9,14H,3-5H2,1-2H3;4-6,8,13H,3,7H2,1-2H3;4-5,8-9H,6-7H2,1-3H3;4-5,7-8,13H,3,6H2,1-2H3;6-7H,3-5H2,1-2H3. The first kappa shape index (κ1) is 49.5. The minimum atomic E-state index is 0.536. The average Bonchev–Trinajstić information content (AvgIpc) is 4.03. The first-order valence-electron chi connectivity index (χ1n) is 24.4. The molecule has 5 aromatic rings. The van der Waals surface area contributed by atoms with Crippen molar-refractivity contribution in [1.82, 2.24) is 9.78 Å². The maximum atomic E-state index is 5.64. The highest BCUT2D eigenvalue weighted by Crippen LogP contribution is 2.35. The molecule has 0 fully saturated rings. The van der Waals surface area contributed by atoms with Crippen LogP contribution in [0.3, 0.4) is 0 Å². The van der Waals surface area contributed by atoms with E-state index in [0.29, 0.717) is 36.2 Å². The largest absolute Gasteiger partial charge is 0.490 e. The van der Waals surface area contributed by atoms with Gasteiger partial charge in [0.1, 0.15) is 24.7 Å². The Balaban J connectivity index is 0.000000137. The summed E-state index contributed by atoms with van der Waals surface area (Å²) in [5, 5.41) is 14.1. The number of ether oxygens (including phenoxy) is 2. The molecule has 8 heteroatoms. The summed E-state index contributed by atoms with van der Waals surface area (Å²) in [6.07, 6.45) is 7.71. The molecule has 352 valence electrons. The van der Waals surface area contributed by atoms with E-state index >= 15 is 0 Å². The molecule has 5 aliphatic rings. The number of aryl methyl sites for hydroxylation is 2. The van der Waals surface area contributed by atoms with E-state index in [4.69, 9.17) is 9.47 Å². The van der Waals surface area contributed by atoms with Crippen LogP contribution in [0, 0.1) is 0 Å². The van der Waals surface area contributed by atoms with E-state index < -0.39 is 0 Å². The molecule has 1 aromatic heterocycles. The number of allylic oxidation sites excluding steroid dienone is 2. The summed E-state index contributed by atoms with van der Waals surface area (Å²) in [5.41, 5.74) is 19.1. The number of hydrogen-bond donors (Lipinski definition) is 3. The van der Waals surface area contributed by atoms with Gasteiger partial charge < -0.3 is 30.3 Å². The van der Waals surface area contributed by atoms with E-state index in [0.717, 1.165) is 73.2 Å². The van der Waals surface area contributed by atoms with Crippen LogP contribution in [0.5, 0.6) is 11.5 Å². The summed E-state index contributed by atoms with van der Waals surface area (Å²) in [6.45, 7) is 37.3. The Morgan fingerprint density at radius 1 is 0.545 bits per heavy atom. The summed E-state index contributed by atoms with van der Waals surface area (Å²) < 4.78 is 13.4. The second-order valence-corrected chi connectivity index (χ2v) is 19.9. The van der Waals surface area contributed by atoms with E-state index in [1.165, 1.54) is 74.5 Å². The zero-order valence-electron chi connectivity index (χ0n) is 42.0. The molecule has 5 aliphatic heterocycles. The van der Waals surface area contributed by atoms with Crippen molar-refractivity contribution in [3.8, 4) is 11.5 Å². The summed E-state index contributed by atoms with van der Waals surface area (Å²) >= 11 is 0. The summed E-state index contributed by atoms with van der Waals surface area (Å²) in [4.78, 5) is 2.24. The minimum Gasteiger partial charge on any atom is -0.490 e. The average molecular weight is 891 g/mol. The first-order chi connectivity index (χ1) is 31.5. The molecule has 10 rings (SSSR count).